The van der Waals surface area contributed by atoms with Gasteiger partial charge in [-0.3, -0.25) is 0 Å². The Kier molecular flexibility index (Phi) is 4.64. The predicted molar refractivity (Wildman–Crippen MR) is 95.6 cm³/mol. The highest BCUT2D eigenvalue weighted by Gasteiger charge is 2.26. The molecule has 1 aliphatic heterocycles. The lowest BCUT2D eigenvalue weighted by Crippen LogP contribution is -2.44. The van der Waals surface area contributed by atoms with Crippen molar-refractivity contribution >= 4 is 28.7 Å². The molecule has 0 radical (unpaired) electrons. The van der Waals surface area contributed by atoms with E-state index in [0.29, 0.717) is 6.04 Å². The average Bonchev–Trinajstić information content (AvgIpc) is 3.03. The lowest BCUT2D eigenvalue weighted by atomic mass is 10.0. The van der Waals surface area contributed by atoms with Crippen molar-refractivity contribution in [3.8, 4) is 5.75 Å². The molecule has 22 heavy (non-hydrogen) atoms. The number of fused-ring (bicyclic) bond motifs is 1. The minimum atomic E-state index is 0.353. The smallest absolute Gasteiger partial charge is 0.169 e. The zero-order valence-corrected chi connectivity index (χ0v) is 14.5. The number of thiocarbonyl (C=S) groups is 1. The van der Waals surface area contributed by atoms with Crippen LogP contribution >= 0.6 is 23.6 Å². The Morgan fingerprint density at radius 2 is 2.14 bits per heavy atom. The van der Waals surface area contributed by atoms with E-state index < -0.39 is 0 Å². The van der Waals surface area contributed by atoms with Crippen LogP contribution in [0, 0.1) is 0 Å². The number of rotatable bonds is 3. The van der Waals surface area contributed by atoms with Crippen molar-refractivity contribution in [3.63, 3.8) is 0 Å². The Balaban J connectivity index is 1.60. The third-order valence-electron chi connectivity index (χ3n) is 4.14. The second-order valence-corrected chi connectivity index (χ2v) is 6.81. The molecule has 1 aromatic heterocycles. The average molecular weight is 332 g/mol. The van der Waals surface area contributed by atoms with Crippen molar-refractivity contribution in [1.29, 1.82) is 0 Å². The number of nitrogens with zero attached hydrogens (tertiary/aromatic N) is 1. The van der Waals surface area contributed by atoms with E-state index in [4.69, 9.17) is 17.0 Å². The number of hydrogen-bond donors (Lipinski definition) is 1. The molecule has 116 valence electrons. The van der Waals surface area contributed by atoms with Crippen molar-refractivity contribution < 1.29 is 4.74 Å². The Hall–Kier alpha value is -1.59. The summed E-state index contributed by atoms with van der Waals surface area (Å²) in [5.41, 5.74) is 2.62. The van der Waals surface area contributed by atoms with Crippen LogP contribution in [0.2, 0.25) is 0 Å². The Morgan fingerprint density at radius 3 is 2.86 bits per heavy atom. The van der Waals surface area contributed by atoms with Gasteiger partial charge in [0.25, 0.3) is 0 Å². The molecule has 3 nitrogen and oxygen atoms in total. The van der Waals surface area contributed by atoms with Gasteiger partial charge in [0, 0.05) is 18.0 Å². The van der Waals surface area contributed by atoms with E-state index in [1.165, 1.54) is 16.0 Å². The van der Waals surface area contributed by atoms with Crippen LogP contribution in [0.4, 0.5) is 0 Å². The first-order chi connectivity index (χ1) is 10.7. The van der Waals surface area contributed by atoms with Gasteiger partial charge in [-0.1, -0.05) is 12.1 Å². The first-order valence-corrected chi connectivity index (χ1v) is 8.71. The maximum absolute atomic E-state index is 5.60. The van der Waals surface area contributed by atoms with Gasteiger partial charge >= 0.3 is 0 Å². The molecule has 0 bridgehead atoms. The summed E-state index contributed by atoms with van der Waals surface area (Å²) in [6.07, 6.45) is 1.09. The standard InChI is InChI=1S/C17H20N2OS2/c1-12-15-8-10-22-16(15)7-9-19(12)17(21)18-11-13-3-5-14(20-2)6-4-13/h3-6,8,10,12H,7,9,11H2,1-2H3,(H,18,21)/t12-/m0/s1. The molecule has 0 spiro atoms. The summed E-state index contributed by atoms with van der Waals surface area (Å²) in [6.45, 7) is 3.96. The second kappa shape index (κ2) is 6.67. The highest BCUT2D eigenvalue weighted by molar-refractivity contribution is 7.80. The van der Waals surface area contributed by atoms with Crippen molar-refractivity contribution in [2.24, 2.45) is 0 Å². The van der Waals surface area contributed by atoms with Gasteiger partial charge in [0.15, 0.2) is 5.11 Å². The van der Waals surface area contributed by atoms with E-state index in [2.05, 4.69) is 40.7 Å². The quantitative estimate of drug-likeness (QED) is 0.865. The third-order valence-corrected chi connectivity index (χ3v) is 5.52. The SMILES string of the molecule is COc1ccc(CNC(=S)N2CCc3sccc3[C@@H]2C)cc1. The van der Waals surface area contributed by atoms with E-state index in [9.17, 15) is 0 Å². The van der Waals surface area contributed by atoms with Gasteiger partial charge in [0.2, 0.25) is 0 Å². The molecule has 5 heteroatoms. The van der Waals surface area contributed by atoms with Gasteiger partial charge in [0.1, 0.15) is 5.75 Å². The van der Waals surface area contributed by atoms with E-state index in [1.54, 1.807) is 7.11 Å². The van der Waals surface area contributed by atoms with Crippen molar-refractivity contribution in [2.45, 2.75) is 25.9 Å². The molecule has 1 aromatic carbocycles. The number of nitrogens with one attached hydrogen (secondary N) is 1. The molecule has 0 saturated heterocycles. The van der Waals surface area contributed by atoms with Gasteiger partial charge in [-0.15, -0.1) is 11.3 Å². The predicted octanol–water partition coefficient (Wildman–Crippen LogP) is 3.75. The molecular weight excluding hydrogens is 312 g/mol. The molecule has 0 fully saturated rings. The van der Waals surface area contributed by atoms with E-state index >= 15 is 0 Å². The Labute approximate surface area is 140 Å². The number of thiophene rings is 1. The zero-order valence-electron chi connectivity index (χ0n) is 12.8. The van der Waals surface area contributed by atoms with Gasteiger partial charge in [-0.05, 0) is 60.3 Å². The Morgan fingerprint density at radius 1 is 1.36 bits per heavy atom. The first-order valence-electron chi connectivity index (χ1n) is 7.42. The van der Waals surface area contributed by atoms with Gasteiger partial charge < -0.3 is 15.0 Å². The number of methoxy groups -OCH3 is 1. The zero-order chi connectivity index (χ0) is 15.5. The maximum Gasteiger partial charge on any atom is 0.169 e. The van der Waals surface area contributed by atoms with Crippen LogP contribution < -0.4 is 10.1 Å². The van der Waals surface area contributed by atoms with Gasteiger partial charge in [0.05, 0.1) is 13.2 Å². The van der Waals surface area contributed by atoms with Gasteiger partial charge in [-0.2, -0.15) is 0 Å². The number of benzene rings is 1. The van der Waals surface area contributed by atoms with Gasteiger partial charge in [-0.25, -0.2) is 0 Å². The molecule has 1 aliphatic rings. The molecular formula is C17H20N2OS2. The molecule has 0 saturated carbocycles. The fourth-order valence-electron chi connectivity index (χ4n) is 2.81. The lowest BCUT2D eigenvalue weighted by molar-refractivity contribution is 0.317. The van der Waals surface area contributed by atoms with Crippen molar-refractivity contribution in [3.05, 3.63) is 51.7 Å². The molecule has 1 N–H and O–H groups in total. The summed E-state index contributed by atoms with van der Waals surface area (Å²) >= 11 is 7.45. The minimum absolute atomic E-state index is 0.353. The Bertz CT molecular complexity index is 651. The molecule has 2 aromatic rings. The monoisotopic (exact) mass is 332 g/mol. The summed E-state index contributed by atoms with van der Waals surface area (Å²) < 4.78 is 5.18. The minimum Gasteiger partial charge on any atom is -0.497 e. The van der Waals surface area contributed by atoms with Crippen LogP contribution in [0.3, 0.4) is 0 Å². The summed E-state index contributed by atoms with van der Waals surface area (Å²) in [5.74, 6) is 0.876. The summed E-state index contributed by atoms with van der Waals surface area (Å²) in [7, 11) is 1.68. The first kappa shape index (κ1) is 15.3. The van der Waals surface area contributed by atoms with E-state index in [1.807, 2.05) is 23.5 Å². The summed E-state index contributed by atoms with van der Waals surface area (Å²) in [5, 5.41) is 6.39. The molecule has 0 aliphatic carbocycles. The topological polar surface area (TPSA) is 24.5 Å². The van der Waals surface area contributed by atoms with Crippen molar-refractivity contribution in [1.82, 2.24) is 10.2 Å². The molecule has 3 rings (SSSR count). The second-order valence-electron chi connectivity index (χ2n) is 5.43. The van der Waals surface area contributed by atoms with Crippen LogP contribution in [0.5, 0.6) is 5.75 Å². The highest BCUT2D eigenvalue weighted by Crippen LogP contribution is 2.32. The third kappa shape index (κ3) is 3.10. The number of hydrogen-bond acceptors (Lipinski definition) is 3. The van der Waals surface area contributed by atoms with E-state index in [-0.39, 0.29) is 0 Å². The largest absolute Gasteiger partial charge is 0.497 e. The van der Waals surface area contributed by atoms with Crippen LogP contribution in [-0.2, 0) is 13.0 Å². The summed E-state index contributed by atoms with van der Waals surface area (Å²) in [6, 6.07) is 10.6. The lowest BCUT2D eigenvalue weighted by Gasteiger charge is -2.35. The molecule has 2 heterocycles. The fourth-order valence-corrected chi connectivity index (χ4v) is 4.09. The highest BCUT2D eigenvalue weighted by atomic mass is 32.1. The van der Waals surface area contributed by atoms with Crippen molar-refractivity contribution in [2.75, 3.05) is 13.7 Å². The summed E-state index contributed by atoms with van der Waals surface area (Å²) in [4.78, 5) is 3.79. The normalized spacial score (nSPS) is 17.0. The number of ether oxygens (including phenoxy) is 1. The van der Waals surface area contributed by atoms with Crippen LogP contribution in [0.1, 0.15) is 29.0 Å². The van der Waals surface area contributed by atoms with Crippen LogP contribution in [-0.4, -0.2) is 23.7 Å². The molecule has 1 atom stereocenters. The van der Waals surface area contributed by atoms with Crippen LogP contribution in [0.25, 0.3) is 0 Å². The molecule has 0 unspecified atom stereocenters. The molecule has 0 amide bonds. The van der Waals surface area contributed by atoms with E-state index in [0.717, 1.165) is 30.4 Å². The fraction of sp³-hybridized carbons (Fsp3) is 0.353. The van der Waals surface area contributed by atoms with Crippen LogP contribution in [0.15, 0.2) is 35.7 Å². The maximum atomic E-state index is 5.60.